The van der Waals surface area contributed by atoms with Crippen LogP contribution >= 0.6 is 0 Å². The number of nitrogens with zero attached hydrogens (tertiary/aromatic N) is 1. The van der Waals surface area contributed by atoms with E-state index in [9.17, 15) is 13.5 Å². The molecule has 0 unspecified atom stereocenters. The Morgan fingerprint density at radius 3 is 2.52 bits per heavy atom. The van der Waals surface area contributed by atoms with Crippen molar-refractivity contribution in [2.45, 2.75) is 44.6 Å². The van der Waals surface area contributed by atoms with Crippen molar-refractivity contribution < 1.29 is 17.9 Å². The van der Waals surface area contributed by atoms with Gasteiger partial charge in [-0.3, -0.25) is 0 Å². The van der Waals surface area contributed by atoms with Crippen LogP contribution in [0.15, 0.2) is 9.31 Å². The molecule has 1 aromatic heterocycles. The fourth-order valence-corrected chi connectivity index (χ4v) is 4.34. The smallest absolute Gasteiger partial charge is 0.244 e. The number of nitrogens with one attached hydrogen (secondary N) is 1. The van der Waals surface area contributed by atoms with Gasteiger partial charge in [0, 0.05) is 12.1 Å². The summed E-state index contributed by atoms with van der Waals surface area (Å²) in [5.74, 6) is 0.774. The lowest BCUT2D eigenvalue weighted by molar-refractivity contribution is 0.276. The molecule has 0 aliphatic carbocycles. The van der Waals surface area contributed by atoms with Crippen molar-refractivity contribution in [2.24, 2.45) is 0 Å². The summed E-state index contributed by atoms with van der Waals surface area (Å²) in [6, 6.07) is 0. The van der Waals surface area contributed by atoms with Crippen LogP contribution in [0.1, 0.15) is 36.3 Å². The van der Waals surface area contributed by atoms with Crippen LogP contribution in [0.3, 0.4) is 0 Å². The molecule has 1 aliphatic rings. The first kappa shape index (κ1) is 16.5. The predicted octanol–water partition coefficient (Wildman–Crippen LogP) is 1.15. The fraction of sp³-hybridized carbons (Fsp3) is 0.714. The number of likely N-dealkylation sites (tertiary alicyclic amines) is 1. The van der Waals surface area contributed by atoms with E-state index < -0.39 is 10.0 Å². The molecule has 1 saturated heterocycles. The Kier molecular flexibility index (Phi) is 5.43. The van der Waals surface area contributed by atoms with Gasteiger partial charge in [0.25, 0.3) is 0 Å². The van der Waals surface area contributed by atoms with E-state index in [0.717, 1.165) is 26.1 Å². The predicted molar refractivity (Wildman–Crippen MR) is 79.6 cm³/mol. The monoisotopic (exact) mass is 316 g/mol. The third kappa shape index (κ3) is 3.85. The Hall–Kier alpha value is -0.890. The van der Waals surface area contributed by atoms with E-state index >= 15 is 0 Å². The lowest BCUT2D eigenvalue weighted by Crippen LogP contribution is -2.29. The topological polar surface area (TPSA) is 82.8 Å². The lowest BCUT2D eigenvalue weighted by Gasteiger charge is -2.14. The normalized spacial score (nSPS) is 16.7. The van der Waals surface area contributed by atoms with E-state index in [-0.39, 0.29) is 11.5 Å². The molecule has 1 aromatic rings. The van der Waals surface area contributed by atoms with Gasteiger partial charge < -0.3 is 14.4 Å². The quantitative estimate of drug-likeness (QED) is 0.738. The van der Waals surface area contributed by atoms with E-state index in [1.165, 1.54) is 12.8 Å². The molecule has 2 N–H and O–H groups in total. The van der Waals surface area contributed by atoms with Crippen LogP contribution in [0.4, 0.5) is 0 Å². The van der Waals surface area contributed by atoms with Gasteiger partial charge in [0.05, 0.1) is 6.61 Å². The van der Waals surface area contributed by atoms with Crippen LogP contribution in [0.2, 0.25) is 0 Å². The molecular weight excluding hydrogens is 292 g/mol. The Balaban J connectivity index is 1.95. The molecule has 0 amide bonds. The van der Waals surface area contributed by atoms with Gasteiger partial charge in [-0.15, -0.1) is 0 Å². The molecule has 0 saturated carbocycles. The zero-order valence-electron chi connectivity index (χ0n) is 12.7. The van der Waals surface area contributed by atoms with Crippen molar-refractivity contribution in [3.63, 3.8) is 0 Å². The van der Waals surface area contributed by atoms with Gasteiger partial charge in [-0.1, -0.05) is 0 Å². The van der Waals surface area contributed by atoms with Crippen molar-refractivity contribution in [1.29, 1.82) is 0 Å². The van der Waals surface area contributed by atoms with E-state index in [1.807, 2.05) is 0 Å². The number of aryl methyl sites for hydroxylation is 2. The minimum Gasteiger partial charge on any atom is -0.465 e. The maximum absolute atomic E-state index is 12.3. The summed E-state index contributed by atoms with van der Waals surface area (Å²) in [6.45, 7) is 6.46. The molecule has 0 bridgehead atoms. The van der Waals surface area contributed by atoms with Crippen molar-refractivity contribution in [1.82, 2.24) is 9.62 Å². The number of rotatable bonds is 7. The average molecular weight is 316 g/mol. The van der Waals surface area contributed by atoms with Gasteiger partial charge >= 0.3 is 0 Å². The zero-order valence-corrected chi connectivity index (χ0v) is 13.5. The molecule has 2 heterocycles. The molecule has 0 aromatic carbocycles. The summed E-state index contributed by atoms with van der Waals surface area (Å²) < 4.78 is 32.6. The molecule has 6 nitrogen and oxygen atoms in total. The minimum atomic E-state index is -3.63. The number of furan rings is 1. The molecule has 0 spiro atoms. The maximum atomic E-state index is 12.3. The second-order valence-corrected chi connectivity index (χ2v) is 7.18. The van der Waals surface area contributed by atoms with Crippen LogP contribution < -0.4 is 4.72 Å². The van der Waals surface area contributed by atoms with Crippen molar-refractivity contribution >= 4 is 10.0 Å². The highest BCUT2D eigenvalue weighted by molar-refractivity contribution is 7.89. The summed E-state index contributed by atoms with van der Waals surface area (Å²) >= 11 is 0. The molecule has 120 valence electrons. The second kappa shape index (κ2) is 6.91. The van der Waals surface area contributed by atoms with Gasteiger partial charge in [0.2, 0.25) is 10.0 Å². The van der Waals surface area contributed by atoms with Gasteiger partial charge in [-0.05, 0) is 52.7 Å². The fourth-order valence-electron chi connectivity index (χ4n) is 2.83. The summed E-state index contributed by atoms with van der Waals surface area (Å²) in [7, 11) is -3.63. The molecule has 7 heteroatoms. The Morgan fingerprint density at radius 1 is 1.24 bits per heavy atom. The molecule has 0 atom stereocenters. The van der Waals surface area contributed by atoms with Crippen molar-refractivity contribution in [3.8, 4) is 0 Å². The Labute approximate surface area is 126 Å². The van der Waals surface area contributed by atoms with Crippen LogP contribution in [0.5, 0.6) is 0 Å². The highest BCUT2D eigenvalue weighted by Crippen LogP contribution is 2.26. The van der Waals surface area contributed by atoms with Gasteiger partial charge in [-0.25, -0.2) is 13.1 Å². The first-order chi connectivity index (χ1) is 9.95. The van der Waals surface area contributed by atoms with Gasteiger partial charge in [-0.2, -0.15) is 0 Å². The number of hydrogen-bond acceptors (Lipinski definition) is 5. The zero-order chi connectivity index (χ0) is 15.5. The van der Waals surface area contributed by atoms with Crippen LogP contribution in [0.25, 0.3) is 0 Å². The molecule has 0 radical (unpaired) electrons. The first-order valence-electron chi connectivity index (χ1n) is 7.37. The second-order valence-electron chi connectivity index (χ2n) is 5.48. The largest absolute Gasteiger partial charge is 0.465 e. The highest BCUT2D eigenvalue weighted by Gasteiger charge is 2.26. The third-order valence-electron chi connectivity index (χ3n) is 3.89. The van der Waals surface area contributed by atoms with Crippen LogP contribution in [0, 0.1) is 13.8 Å². The van der Waals surface area contributed by atoms with Crippen molar-refractivity contribution in [3.05, 3.63) is 17.1 Å². The first-order valence-corrected chi connectivity index (χ1v) is 8.86. The highest BCUT2D eigenvalue weighted by atomic mass is 32.2. The van der Waals surface area contributed by atoms with E-state index in [0.29, 0.717) is 23.6 Å². The van der Waals surface area contributed by atoms with Crippen LogP contribution in [-0.4, -0.2) is 44.6 Å². The summed E-state index contributed by atoms with van der Waals surface area (Å²) in [6.07, 6.45) is 3.25. The summed E-state index contributed by atoms with van der Waals surface area (Å²) in [5, 5.41) is 9.33. The maximum Gasteiger partial charge on any atom is 0.244 e. The van der Waals surface area contributed by atoms with E-state index in [1.54, 1.807) is 13.8 Å². The summed E-state index contributed by atoms with van der Waals surface area (Å²) in [5.41, 5.74) is 0.347. The number of aliphatic hydroxyl groups excluding tert-OH is 1. The van der Waals surface area contributed by atoms with E-state index in [4.69, 9.17) is 4.42 Å². The Morgan fingerprint density at radius 2 is 1.90 bits per heavy atom. The number of aliphatic hydroxyl groups is 1. The lowest BCUT2D eigenvalue weighted by atomic mass is 10.2. The van der Waals surface area contributed by atoms with Crippen molar-refractivity contribution in [2.75, 3.05) is 26.2 Å². The molecular formula is C14H24N2O4S. The van der Waals surface area contributed by atoms with E-state index in [2.05, 4.69) is 9.62 Å². The van der Waals surface area contributed by atoms with Gasteiger partial charge in [0.15, 0.2) is 0 Å². The SMILES string of the molecule is Cc1oc(C)c(S(=O)(=O)NCCCN2CCCC2)c1CO. The number of hydrogen-bond donors (Lipinski definition) is 2. The standard InChI is InChI=1S/C14H24N2O4S/c1-11-13(10-17)14(12(2)20-11)21(18,19)15-6-5-9-16-7-3-4-8-16/h15,17H,3-10H2,1-2H3. The number of sulfonamides is 1. The minimum absolute atomic E-state index is 0.0867. The van der Waals surface area contributed by atoms with Crippen LogP contribution in [-0.2, 0) is 16.6 Å². The third-order valence-corrected chi connectivity index (χ3v) is 5.55. The molecule has 1 aliphatic heterocycles. The molecule has 2 rings (SSSR count). The van der Waals surface area contributed by atoms with Gasteiger partial charge in [0.1, 0.15) is 16.4 Å². The molecule has 21 heavy (non-hydrogen) atoms. The summed E-state index contributed by atoms with van der Waals surface area (Å²) in [4.78, 5) is 2.43. The average Bonchev–Trinajstić information content (AvgIpc) is 3.02. The molecule has 1 fully saturated rings. The Bertz CT molecular complexity index is 574.